The van der Waals surface area contributed by atoms with Crippen molar-refractivity contribution in [3.05, 3.63) is 41.6 Å². The number of nitrogens with zero attached hydrogens (tertiary/aromatic N) is 1. The Bertz CT molecular complexity index is 545. The molecule has 1 atom stereocenters. The summed E-state index contributed by atoms with van der Waals surface area (Å²) in [5.74, 6) is 0. The zero-order valence-corrected chi connectivity index (χ0v) is 10.6. The number of rotatable bonds is 1. The van der Waals surface area contributed by atoms with Gasteiger partial charge in [0.15, 0.2) is 0 Å². The van der Waals surface area contributed by atoms with E-state index in [0.29, 0.717) is 0 Å². The molecule has 18 heavy (non-hydrogen) atoms. The number of hydrogen-bond donors (Lipinski definition) is 1. The average Bonchev–Trinajstić information content (AvgIpc) is 2.67. The number of hydrogen-bond acceptors (Lipinski definition) is 3. The van der Waals surface area contributed by atoms with E-state index in [-0.39, 0.29) is 6.10 Å². The predicted molar refractivity (Wildman–Crippen MR) is 72.7 cm³/mol. The van der Waals surface area contributed by atoms with Crippen molar-refractivity contribution < 1.29 is 4.74 Å². The van der Waals surface area contributed by atoms with Gasteiger partial charge in [0, 0.05) is 18.1 Å². The SMILES string of the molecule is Cc1cccc2cc(C3CCNCCO3)cnc12. The molecule has 1 aromatic heterocycles. The number of nitrogens with one attached hydrogen (secondary N) is 1. The fourth-order valence-corrected chi connectivity index (χ4v) is 2.48. The van der Waals surface area contributed by atoms with Crippen molar-refractivity contribution in [2.75, 3.05) is 19.7 Å². The summed E-state index contributed by atoms with van der Waals surface area (Å²) in [6.07, 6.45) is 3.15. The lowest BCUT2D eigenvalue weighted by Gasteiger charge is -2.15. The van der Waals surface area contributed by atoms with Crippen LogP contribution in [0.4, 0.5) is 0 Å². The van der Waals surface area contributed by atoms with Gasteiger partial charge in [0.25, 0.3) is 0 Å². The number of aromatic nitrogens is 1. The summed E-state index contributed by atoms with van der Waals surface area (Å²) in [5, 5.41) is 4.55. The molecule has 1 N–H and O–H groups in total. The summed E-state index contributed by atoms with van der Waals surface area (Å²) in [6.45, 7) is 4.82. The molecule has 0 amide bonds. The first-order valence-electron chi connectivity index (χ1n) is 6.52. The van der Waals surface area contributed by atoms with Crippen LogP contribution in [-0.2, 0) is 4.74 Å². The Kier molecular flexibility index (Phi) is 3.26. The third kappa shape index (κ3) is 2.24. The van der Waals surface area contributed by atoms with Crippen LogP contribution in [0.15, 0.2) is 30.5 Å². The Morgan fingerprint density at radius 1 is 1.33 bits per heavy atom. The molecular weight excluding hydrogens is 224 g/mol. The molecule has 0 saturated carbocycles. The van der Waals surface area contributed by atoms with Gasteiger partial charge >= 0.3 is 0 Å². The van der Waals surface area contributed by atoms with Crippen LogP contribution in [0.5, 0.6) is 0 Å². The molecule has 0 radical (unpaired) electrons. The van der Waals surface area contributed by atoms with Gasteiger partial charge in [-0.15, -0.1) is 0 Å². The average molecular weight is 242 g/mol. The summed E-state index contributed by atoms with van der Waals surface area (Å²) >= 11 is 0. The van der Waals surface area contributed by atoms with Gasteiger partial charge in [-0.25, -0.2) is 0 Å². The van der Waals surface area contributed by atoms with Crippen LogP contribution in [0, 0.1) is 6.92 Å². The van der Waals surface area contributed by atoms with E-state index in [9.17, 15) is 0 Å². The molecule has 0 bridgehead atoms. The topological polar surface area (TPSA) is 34.1 Å². The number of benzene rings is 1. The Morgan fingerprint density at radius 3 is 3.22 bits per heavy atom. The Hall–Kier alpha value is -1.45. The second-order valence-corrected chi connectivity index (χ2v) is 4.81. The van der Waals surface area contributed by atoms with E-state index >= 15 is 0 Å². The van der Waals surface area contributed by atoms with Crippen LogP contribution >= 0.6 is 0 Å². The first kappa shape index (κ1) is 11.6. The van der Waals surface area contributed by atoms with Crippen molar-refractivity contribution >= 4 is 10.9 Å². The fraction of sp³-hybridized carbons (Fsp3) is 0.400. The highest BCUT2D eigenvalue weighted by Gasteiger charge is 2.15. The molecule has 1 aliphatic heterocycles. The molecule has 94 valence electrons. The Morgan fingerprint density at radius 2 is 2.28 bits per heavy atom. The maximum absolute atomic E-state index is 5.87. The van der Waals surface area contributed by atoms with Crippen molar-refractivity contribution in [1.29, 1.82) is 0 Å². The van der Waals surface area contributed by atoms with Gasteiger partial charge in [-0.3, -0.25) is 4.98 Å². The Labute approximate surface area is 107 Å². The maximum Gasteiger partial charge on any atom is 0.0852 e. The zero-order valence-electron chi connectivity index (χ0n) is 10.6. The van der Waals surface area contributed by atoms with Gasteiger partial charge in [-0.1, -0.05) is 18.2 Å². The lowest BCUT2D eigenvalue weighted by Crippen LogP contribution is -2.16. The number of aryl methyl sites for hydroxylation is 1. The van der Waals surface area contributed by atoms with Crippen molar-refractivity contribution in [2.24, 2.45) is 0 Å². The van der Waals surface area contributed by atoms with E-state index in [1.165, 1.54) is 16.5 Å². The number of para-hydroxylation sites is 1. The lowest BCUT2D eigenvalue weighted by atomic mass is 10.0. The number of ether oxygens (including phenoxy) is 1. The van der Waals surface area contributed by atoms with Crippen molar-refractivity contribution in [1.82, 2.24) is 10.3 Å². The van der Waals surface area contributed by atoms with Gasteiger partial charge in [0.1, 0.15) is 0 Å². The quantitative estimate of drug-likeness (QED) is 0.834. The van der Waals surface area contributed by atoms with Crippen LogP contribution in [0.3, 0.4) is 0 Å². The highest BCUT2D eigenvalue weighted by molar-refractivity contribution is 5.82. The molecule has 2 heterocycles. The first-order valence-corrected chi connectivity index (χ1v) is 6.52. The molecule has 1 unspecified atom stereocenters. The second kappa shape index (κ2) is 5.04. The van der Waals surface area contributed by atoms with Crippen LogP contribution in [-0.4, -0.2) is 24.7 Å². The third-order valence-corrected chi connectivity index (χ3v) is 3.49. The largest absolute Gasteiger partial charge is 0.372 e. The molecule has 1 saturated heterocycles. The normalized spacial score (nSPS) is 20.8. The molecule has 0 spiro atoms. The monoisotopic (exact) mass is 242 g/mol. The van der Waals surface area contributed by atoms with Gasteiger partial charge < -0.3 is 10.1 Å². The molecule has 3 heteroatoms. The minimum absolute atomic E-state index is 0.178. The number of fused-ring (bicyclic) bond motifs is 1. The van der Waals surface area contributed by atoms with Crippen LogP contribution in [0.1, 0.15) is 23.7 Å². The second-order valence-electron chi connectivity index (χ2n) is 4.81. The fourth-order valence-electron chi connectivity index (χ4n) is 2.48. The van der Waals surface area contributed by atoms with E-state index in [1.54, 1.807) is 0 Å². The Balaban J connectivity index is 1.97. The van der Waals surface area contributed by atoms with Gasteiger partial charge in [-0.2, -0.15) is 0 Å². The van der Waals surface area contributed by atoms with E-state index in [0.717, 1.165) is 31.6 Å². The van der Waals surface area contributed by atoms with Crippen LogP contribution < -0.4 is 5.32 Å². The van der Waals surface area contributed by atoms with Gasteiger partial charge in [0.05, 0.1) is 18.2 Å². The lowest BCUT2D eigenvalue weighted by molar-refractivity contribution is 0.0643. The zero-order chi connectivity index (χ0) is 12.4. The van der Waals surface area contributed by atoms with E-state index in [1.807, 2.05) is 6.20 Å². The smallest absolute Gasteiger partial charge is 0.0852 e. The van der Waals surface area contributed by atoms with Gasteiger partial charge in [0.2, 0.25) is 0 Å². The summed E-state index contributed by atoms with van der Waals surface area (Å²) < 4.78 is 5.87. The molecule has 0 aliphatic carbocycles. The molecule has 1 aliphatic rings. The molecule has 2 aromatic rings. The standard InChI is InChI=1S/C15H18N2O/c1-11-3-2-4-12-9-13(10-17-15(11)12)14-5-6-16-7-8-18-14/h2-4,9-10,14,16H,5-8H2,1H3. The summed E-state index contributed by atoms with van der Waals surface area (Å²) in [6, 6.07) is 8.51. The van der Waals surface area contributed by atoms with E-state index in [2.05, 4.69) is 41.5 Å². The molecular formula is C15H18N2O. The predicted octanol–water partition coefficient (Wildman–Crippen LogP) is 2.59. The van der Waals surface area contributed by atoms with Crippen molar-refractivity contribution in [3.63, 3.8) is 0 Å². The maximum atomic E-state index is 5.87. The minimum Gasteiger partial charge on any atom is -0.372 e. The van der Waals surface area contributed by atoms with Crippen molar-refractivity contribution in [3.8, 4) is 0 Å². The number of pyridine rings is 1. The summed E-state index contributed by atoms with van der Waals surface area (Å²) in [5.41, 5.74) is 3.51. The van der Waals surface area contributed by atoms with E-state index < -0.39 is 0 Å². The van der Waals surface area contributed by atoms with Crippen LogP contribution in [0.2, 0.25) is 0 Å². The summed E-state index contributed by atoms with van der Waals surface area (Å²) in [7, 11) is 0. The molecule has 3 rings (SSSR count). The summed E-state index contributed by atoms with van der Waals surface area (Å²) in [4.78, 5) is 4.59. The molecule has 1 fully saturated rings. The first-order chi connectivity index (χ1) is 8.84. The highest BCUT2D eigenvalue weighted by Crippen LogP contribution is 2.25. The highest BCUT2D eigenvalue weighted by atomic mass is 16.5. The molecule has 3 nitrogen and oxygen atoms in total. The van der Waals surface area contributed by atoms with Gasteiger partial charge in [-0.05, 0) is 37.1 Å². The van der Waals surface area contributed by atoms with E-state index in [4.69, 9.17) is 4.74 Å². The third-order valence-electron chi connectivity index (χ3n) is 3.49. The molecule has 1 aromatic carbocycles. The minimum atomic E-state index is 0.178. The van der Waals surface area contributed by atoms with Crippen LogP contribution in [0.25, 0.3) is 10.9 Å². The van der Waals surface area contributed by atoms with Crippen molar-refractivity contribution in [2.45, 2.75) is 19.4 Å².